The first-order valence-electron chi connectivity index (χ1n) is 8.34. The molecule has 0 bridgehead atoms. The Bertz CT molecular complexity index is 723. The molecule has 2 unspecified atom stereocenters. The molecule has 1 aromatic carbocycles. The first-order valence-corrected chi connectivity index (χ1v) is 8.34. The molecule has 0 saturated carbocycles. The molecule has 1 fully saturated rings. The Morgan fingerprint density at radius 1 is 1.26 bits per heavy atom. The average molecular weight is 310 g/mol. The van der Waals surface area contributed by atoms with Gasteiger partial charge in [0.15, 0.2) is 0 Å². The summed E-state index contributed by atoms with van der Waals surface area (Å²) in [6.45, 7) is 3.92. The Kier molecular flexibility index (Phi) is 3.65. The second-order valence-corrected chi connectivity index (χ2v) is 6.64. The van der Waals surface area contributed by atoms with E-state index >= 15 is 0 Å². The normalized spacial score (nSPS) is 25.0. The number of nitrogens with one attached hydrogen (secondary N) is 1. The molecule has 23 heavy (non-hydrogen) atoms. The number of anilines is 1. The minimum Gasteiger partial charge on any atom is -0.324 e. The van der Waals surface area contributed by atoms with Crippen molar-refractivity contribution in [3.8, 4) is 0 Å². The zero-order valence-corrected chi connectivity index (χ0v) is 13.4. The predicted molar refractivity (Wildman–Crippen MR) is 89.4 cm³/mol. The minimum atomic E-state index is -0.0379. The van der Waals surface area contributed by atoms with E-state index in [1.165, 1.54) is 11.1 Å². The van der Waals surface area contributed by atoms with Crippen LogP contribution in [0.1, 0.15) is 30.0 Å². The first-order chi connectivity index (χ1) is 11.2. The number of aromatic nitrogens is 2. The molecule has 2 aliphatic heterocycles. The molecule has 0 radical (unpaired) electrons. The monoisotopic (exact) mass is 310 g/mol. The number of hydrogen-bond donors (Lipinski definition) is 1. The second-order valence-electron chi connectivity index (χ2n) is 6.64. The summed E-state index contributed by atoms with van der Waals surface area (Å²) in [6, 6.07) is 8.46. The Hall–Kier alpha value is -2.14. The highest BCUT2D eigenvalue weighted by Gasteiger charge is 2.34. The number of aryl methyl sites for hydroxylation is 2. The lowest BCUT2D eigenvalue weighted by Gasteiger charge is -2.25. The van der Waals surface area contributed by atoms with Crippen LogP contribution in [-0.4, -0.2) is 39.7 Å². The molecule has 4 rings (SSSR count). The van der Waals surface area contributed by atoms with E-state index in [0.29, 0.717) is 6.04 Å². The van der Waals surface area contributed by atoms with Crippen LogP contribution in [-0.2, 0) is 11.2 Å². The molecule has 2 aromatic rings. The van der Waals surface area contributed by atoms with Crippen molar-refractivity contribution in [2.45, 2.75) is 38.3 Å². The highest BCUT2D eigenvalue weighted by Crippen LogP contribution is 2.28. The van der Waals surface area contributed by atoms with Crippen LogP contribution < -0.4 is 5.32 Å². The third kappa shape index (κ3) is 2.77. The zero-order chi connectivity index (χ0) is 15.8. The molecule has 1 amide bonds. The van der Waals surface area contributed by atoms with E-state index in [0.717, 1.165) is 38.0 Å². The molecule has 2 atom stereocenters. The van der Waals surface area contributed by atoms with Crippen molar-refractivity contribution < 1.29 is 4.79 Å². The summed E-state index contributed by atoms with van der Waals surface area (Å²) in [7, 11) is 0. The maximum absolute atomic E-state index is 12.6. The number of carbonyl (C=O) groups excluding carboxylic acids is 1. The van der Waals surface area contributed by atoms with E-state index in [1.54, 1.807) is 0 Å². The van der Waals surface area contributed by atoms with Crippen LogP contribution >= 0.6 is 0 Å². The predicted octanol–water partition coefficient (Wildman–Crippen LogP) is 2.39. The summed E-state index contributed by atoms with van der Waals surface area (Å²) in [5.41, 5.74) is 3.39. The van der Waals surface area contributed by atoms with E-state index in [9.17, 15) is 4.79 Å². The third-order valence-corrected chi connectivity index (χ3v) is 5.01. The molecule has 5 heteroatoms. The molecule has 3 heterocycles. The largest absolute Gasteiger partial charge is 0.324 e. The Morgan fingerprint density at radius 2 is 2.13 bits per heavy atom. The molecule has 2 aliphatic rings. The van der Waals surface area contributed by atoms with Crippen LogP contribution in [0.25, 0.3) is 0 Å². The smallest absolute Gasteiger partial charge is 0.241 e. The number of fused-ring (bicyclic) bond motifs is 1. The molecular weight excluding hydrogens is 288 g/mol. The van der Waals surface area contributed by atoms with Crippen molar-refractivity contribution in [1.82, 2.24) is 14.7 Å². The number of benzene rings is 1. The molecule has 1 saturated heterocycles. The molecule has 120 valence electrons. The van der Waals surface area contributed by atoms with E-state index in [1.807, 2.05) is 24.4 Å². The summed E-state index contributed by atoms with van der Waals surface area (Å²) in [6.07, 6.45) is 6.88. The van der Waals surface area contributed by atoms with Crippen molar-refractivity contribution >= 4 is 11.6 Å². The molecular formula is C18H22N4O. The van der Waals surface area contributed by atoms with Gasteiger partial charge in [0, 0.05) is 25.0 Å². The molecule has 0 aliphatic carbocycles. The van der Waals surface area contributed by atoms with Gasteiger partial charge in [-0.15, -0.1) is 0 Å². The van der Waals surface area contributed by atoms with Gasteiger partial charge in [0.1, 0.15) is 0 Å². The summed E-state index contributed by atoms with van der Waals surface area (Å²) in [4.78, 5) is 15.0. The summed E-state index contributed by atoms with van der Waals surface area (Å²) in [5, 5.41) is 7.54. The quantitative estimate of drug-likeness (QED) is 0.926. The van der Waals surface area contributed by atoms with Crippen LogP contribution in [0.15, 0.2) is 36.7 Å². The van der Waals surface area contributed by atoms with Gasteiger partial charge in [0.2, 0.25) is 5.91 Å². The minimum absolute atomic E-state index is 0.0379. The molecule has 0 spiro atoms. The Balaban J connectivity index is 1.48. The highest BCUT2D eigenvalue weighted by molar-refractivity contribution is 5.96. The van der Waals surface area contributed by atoms with E-state index < -0.39 is 0 Å². The van der Waals surface area contributed by atoms with Crippen LogP contribution in [0, 0.1) is 6.92 Å². The van der Waals surface area contributed by atoms with Crippen molar-refractivity contribution in [2.24, 2.45) is 0 Å². The second kappa shape index (κ2) is 5.81. The van der Waals surface area contributed by atoms with Crippen molar-refractivity contribution in [3.05, 3.63) is 47.8 Å². The Labute approximate surface area is 136 Å². The number of hydrogen-bond acceptors (Lipinski definition) is 3. The van der Waals surface area contributed by atoms with Gasteiger partial charge in [-0.1, -0.05) is 18.2 Å². The number of likely N-dealkylation sites (tertiary alicyclic amines) is 1. The lowest BCUT2D eigenvalue weighted by Crippen LogP contribution is -2.42. The summed E-state index contributed by atoms with van der Waals surface area (Å²) < 4.78 is 2.05. The van der Waals surface area contributed by atoms with Crippen LogP contribution in [0.2, 0.25) is 0 Å². The zero-order valence-electron chi connectivity index (χ0n) is 13.4. The molecule has 1 aromatic heterocycles. The van der Waals surface area contributed by atoms with Crippen molar-refractivity contribution in [2.75, 3.05) is 18.4 Å². The fourth-order valence-corrected chi connectivity index (χ4v) is 3.75. The number of carbonyl (C=O) groups is 1. The first kappa shape index (κ1) is 14.5. The van der Waals surface area contributed by atoms with Crippen molar-refractivity contribution in [1.29, 1.82) is 0 Å². The number of rotatable bonds is 2. The fraction of sp³-hybridized carbons (Fsp3) is 0.444. The van der Waals surface area contributed by atoms with Gasteiger partial charge < -0.3 is 5.32 Å². The summed E-state index contributed by atoms with van der Waals surface area (Å²) in [5.74, 6) is 0.132. The van der Waals surface area contributed by atoms with Crippen molar-refractivity contribution in [3.63, 3.8) is 0 Å². The van der Waals surface area contributed by atoms with Gasteiger partial charge in [0.25, 0.3) is 0 Å². The van der Waals surface area contributed by atoms with Crippen LogP contribution in [0.3, 0.4) is 0 Å². The average Bonchev–Trinajstić information content (AvgIpc) is 3.14. The maximum atomic E-state index is 12.6. The van der Waals surface area contributed by atoms with Gasteiger partial charge in [-0.3, -0.25) is 14.4 Å². The lowest BCUT2D eigenvalue weighted by atomic mass is 10.1. The number of para-hydroxylation sites is 1. The van der Waals surface area contributed by atoms with E-state index in [4.69, 9.17) is 0 Å². The van der Waals surface area contributed by atoms with Gasteiger partial charge in [-0.2, -0.15) is 5.10 Å². The third-order valence-electron chi connectivity index (χ3n) is 5.01. The molecule has 5 nitrogen and oxygen atoms in total. The van der Waals surface area contributed by atoms with E-state index in [2.05, 4.69) is 39.2 Å². The van der Waals surface area contributed by atoms with Crippen LogP contribution in [0.5, 0.6) is 0 Å². The van der Waals surface area contributed by atoms with Gasteiger partial charge in [0.05, 0.1) is 18.3 Å². The lowest BCUT2D eigenvalue weighted by molar-refractivity contribution is -0.121. The highest BCUT2D eigenvalue weighted by atomic mass is 16.2. The van der Waals surface area contributed by atoms with E-state index in [-0.39, 0.29) is 11.9 Å². The van der Waals surface area contributed by atoms with Gasteiger partial charge >= 0.3 is 0 Å². The van der Waals surface area contributed by atoms with Gasteiger partial charge in [-0.05, 0) is 43.4 Å². The number of nitrogens with zero attached hydrogens (tertiary/aromatic N) is 3. The van der Waals surface area contributed by atoms with Crippen LogP contribution in [0.4, 0.5) is 5.69 Å². The number of amides is 1. The summed E-state index contributed by atoms with van der Waals surface area (Å²) >= 11 is 0. The molecule has 1 N–H and O–H groups in total. The maximum Gasteiger partial charge on any atom is 0.241 e. The fourth-order valence-electron chi connectivity index (χ4n) is 3.75. The van der Waals surface area contributed by atoms with Gasteiger partial charge in [-0.25, -0.2) is 0 Å². The standard InChI is InChI=1S/C18H22N4O/c1-13-10-19-22(11-13)15-8-9-21(12-15)17-7-6-14-4-2-3-5-16(14)20-18(17)23/h2-5,10-11,15,17H,6-9,12H2,1H3,(H,20,23). The Morgan fingerprint density at radius 3 is 2.96 bits per heavy atom. The topological polar surface area (TPSA) is 50.2 Å². The SMILES string of the molecule is Cc1cnn(C2CCN(C3CCc4ccccc4NC3=O)C2)c1.